The van der Waals surface area contributed by atoms with E-state index in [1.54, 1.807) is 6.20 Å². The molecule has 0 unspecified atom stereocenters. The second-order valence-corrected chi connectivity index (χ2v) is 5.42. The molecule has 24 heavy (non-hydrogen) atoms. The van der Waals surface area contributed by atoms with Crippen molar-refractivity contribution in [3.63, 3.8) is 0 Å². The minimum absolute atomic E-state index is 0.0826. The number of H-pyrrole nitrogens is 1. The van der Waals surface area contributed by atoms with Gasteiger partial charge in [-0.1, -0.05) is 18.2 Å². The van der Waals surface area contributed by atoms with Crippen LogP contribution in [0.25, 0.3) is 10.9 Å². The van der Waals surface area contributed by atoms with E-state index in [1.807, 2.05) is 24.3 Å². The second-order valence-electron chi connectivity index (χ2n) is 5.42. The number of hydrogen-bond donors (Lipinski definition) is 2. The molecule has 2 aromatic carbocycles. The van der Waals surface area contributed by atoms with Gasteiger partial charge in [0.1, 0.15) is 5.82 Å². The first-order chi connectivity index (χ1) is 11.5. The van der Waals surface area contributed by atoms with E-state index in [4.69, 9.17) is 0 Å². The highest BCUT2D eigenvalue weighted by Crippen LogP contribution is 2.19. The highest BCUT2D eigenvalue weighted by molar-refractivity contribution is 5.96. The maximum Gasteiger partial charge on any atom is 0.251 e. The minimum atomic E-state index is -1.38. The SMILES string of the molecule is O=C(N[C@H](Cc1c[nH]c2ccccc12)C(=O)[O-])c1ccc(F)cc1. The van der Waals surface area contributed by atoms with E-state index in [0.29, 0.717) is 0 Å². The van der Waals surface area contributed by atoms with Gasteiger partial charge in [-0.15, -0.1) is 0 Å². The molecule has 3 rings (SSSR count). The lowest BCUT2D eigenvalue weighted by atomic mass is 10.0. The lowest BCUT2D eigenvalue weighted by Crippen LogP contribution is -2.49. The van der Waals surface area contributed by atoms with Gasteiger partial charge in [0.05, 0.1) is 12.0 Å². The number of aromatic amines is 1. The molecule has 0 saturated heterocycles. The molecule has 5 nitrogen and oxygen atoms in total. The van der Waals surface area contributed by atoms with Crippen LogP contribution in [0.5, 0.6) is 0 Å². The maximum absolute atomic E-state index is 12.9. The van der Waals surface area contributed by atoms with Crippen molar-refractivity contribution in [2.24, 2.45) is 0 Å². The summed E-state index contributed by atoms with van der Waals surface area (Å²) in [5.41, 5.74) is 1.83. The Balaban J connectivity index is 1.79. The third-order valence-electron chi connectivity index (χ3n) is 3.80. The van der Waals surface area contributed by atoms with Crippen molar-refractivity contribution in [3.8, 4) is 0 Å². The van der Waals surface area contributed by atoms with Gasteiger partial charge in [-0.25, -0.2) is 4.39 Å². The van der Waals surface area contributed by atoms with Crippen LogP contribution in [0.2, 0.25) is 0 Å². The van der Waals surface area contributed by atoms with Crippen molar-refractivity contribution in [1.82, 2.24) is 10.3 Å². The van der Waals surface area contributed by atoms with Crippen LogP contribution in [0, 0.1) is 5.82 Å². The van der Waals surface area contributed by atoms with Crippen molar-refractivity contribution in [3.05, 3.63) is 71.7 Å². The molecule has 6 heteroatoms. The van der Waals surface area contributed by atoms with Crippen LogP contribution in [0.3, 0.4) is 0 Å². The molecule has 1 amide bonds. The van der Waals surface area contributed by atoms with Crippen LogP contribution in [0.15, 0.2) is 54.7 Å². The number of nitrogens with one attached hydrogen (secondary N) is 2. The van der Waals surface area contributed by atoms with E-state index in [1.165, 1.54) is 12.1 Å². The zero-order valence-electron chi connectivity index (χ0n) is 12.6. The molecule has 1 atom stereocenters. The van der Waals surface area contributed by atoms with E-state index >= 15 is 0 Å². The standard InChI is InChI=1S/C18H15FN2O3/c19-13-7-5-11(6-8-13)17(22)21-16(18(23)24)9-12-10-20-15-4-2-1-3-14(12)15/h1-8,10,16,20H,9H2,(H,21,22)(H,23,24)/p-1/t16-/m1/s1. The Kier molecular flexibility index (Phi) is 4.29. The summed E-state index contributed by atoms with van der Waals surface area (Å²) in [6.07, 6.45) is 1.80. The minimum Gasteiger partial charge on any atom is -0.548 e. The summed E-state index contributed by atoms with van der Waals surface area (Å²) < 4.78 is 12.9. The molecule has 0 spiro atoms. The van der Waals surface area contributed by atoms with Crippen LogP contribution in [-0.4, -0.2) is 22.9 Å². The Bertz CT molecular complexity index is 887. The van der Waals surface area contributed by atoms with Crippen molar-refractivity contribution in [2.45, 2.75) is 12.5 Å². The second kappa shape index (κ2) is 6.54. The third kappa shape index (κ3) is 3.27. The van der Waals surface area contributed by atoms with Crippen LogP contribution < -0.4 is 10.4 Å². The molecule has 122 valence electrons. The van der Waals surface area contributed by atoms with Crippen LogP contribution in [-0.2, 0) is 11.2 Å². The van der Waals surface area contributed by atoms with Gasteiger partial charge in [-0.05, 0) is 35.9 Å². The van der Waals surface area contributed by atoms with E-state index in [2.05, 4.69) is 10.3 Å². The predicted molar refractivity (Wildman–Crippen MR) is 84.7 cm³/mol. The van der Waals surface area contributed by atoms with Gasteiger partial charge in [0.25, 0.3) is 5.91 Å². The maximum atomic E-state index is 12.9. The fourth-order valence-electron chi connectivity index (χ4n) is 2.56. The number of rotatable bonds is 5. The van der Waals surface area contributed by atoms with E-state index in [9.17, 15) is 19.1 Å². The quantitative estimate of drug-likeness (QED) is 0.743. The topological polar surface area (TPSA) is 85.0 Å². The van der Waals surface area contributed by atoms with Crippen molar-refractivity contribution in [2.75, 3.05) is 0 Å². The fraction of sp³-hybridized carbons (Fsp3) is 0.111. The van der Waals surface area contributed by atoms with Crippen LogP contribution in [0.4, 0.5) is 4.39 Å². The molecule has 0 aliphatic rings. The number of carbonyl (C=O) groups excluding carboxylic acids is 2. The molecule has 1 heterocycles. The molecule has 1 aromatic heterocycles. The lowest BCUT2D eigenvalue weighted by molar-refractivity contribution is -0.308. The monoisotopic (exact) mass is 325 g/mol. The van der Waals surface area contributed by atoms with Gasteiger partial charge < -0.3 is 20.2 Å². The van der Waals surface area contributed by atoms with Crippen molar-refractivity contribution >= 4 is 22.8 Å². The van der Waals surface area contributed by atoms with E-state index < -0.39 is 23.7 Å². The zero-order chi connectivity index (χ0) is 17.1. The molecule has 0 bridgehead atoms. The Hall–Kier alpha value is -3.15. The van der Waals surface area contributed by atoms with Gasteiger partial charge in [0.15, 0.2) is 0 Å². The molecule has 0 saturated carbocycles. The van der Waals surface area contributed by atoms with Gasteiger partial charge in [-0.3, -0.25) is 4.79 Å². The normalized spacial score (nSPS) is 12.0. The molecule has 0 fully saturated rings. The van der Waals surface area contributed by atoms with Crippen LogP contribution in [0.1, 0.15) is 15.9 Å². The largest absolute Gasteiger partial charge is 0.548 e. The average molecular weight is 325 g/mol. The van der Waals surface area contributed by atoms with Crippen molar-refractivity contribution in [1.29, 1.82) is 0 Å². The molecule has 0 aliphatic heterocycles. The molecular weight excluding hydrogens is 311 g/mol. The summed E-state index contributed by atoms with van der Waals surface area (Å²) in [4.78, 5) is 26.6. The Morgan fingerprint density at radius 1 is 1.12 bits per heavy atom. The molecule has 2 N–H and O–H groups in total. The number of halogens is 1. The smallest absolute Gasteiger partial charge is 0.251 e. The van der Waals surface area contributed by atoms with E-state index in [0.717, 1.165) is 28.6 Å². The van der Waals surface area contributed by atoms with Gasteiger partial charge in [0, 0.05) is 29.1 Å². The molecular formula is C18H14FN2O3-. The summed E-state index contributed by atoms with van der Waals surface area (Å²) in [7, 11) is 0. The predicted octanol–water partition coefficient (Wildman–Crippen LogP) is 1.40. The zero-order valence-corrected chi connectivity index (χ0v) is 12.6. The number of carboxylic acid groups (broad SMARTS) is 1. The Morgan fingerprint density at radius 2 is 1.83 bits per heavy atom. The Labute approximate surface area is 137 Å². The summed E-state index contributed by atoms with van der Waals surface area (Å²) in [5.74, 6) is -2.44. The summed E-state index contributed by atoms with van der Waals surface area (Å²) >= 11 is 0. The number of carboxylic acids is 1. The first-order valence-corrected chi connectivity index (χ1v) is 7.37. The lowest BCUT2D eigenvalue weighted by Gasteiger charge is -2.19. The number of aromatic nitrogens is 1. The number of aliphatic carboxylic acids is 1. The Morgan fingerprint density at radius 3 is 2.54 bits per heavy atom. The fourth-order valence-corrected chi connectivity index (χ4v) is 2.56. The van der Waals surface area contributed by atoms with Gasteiger partial charge >= 0.3 is 0 Å². The number of benzene rings is 2. The first kappa shape index (κ1) is 15.7. The average Bonchev–Trinajstić information content (AvgIpc) is 2.98. The molecule has 3 aromatic rings. The number of carbonyl (C=O) groups is 2. The number of hydrogen-bond acceptors (Lipinski definition) is 3. The molecule has 0 aliphatic carbocycles. The van der Waals surface area contributed by atoms with Crippen LogP contribution >= 0.6 is 0 Å². The number of para-hydroxylation sites is 1. The first-order valence-electron chi connectivity index (χ1n) is 7.37. The summed E-state index contributed by atoms with van der Waals surface area (Å²) in [6, 6.07) is 11.2. The van der Waals surface area contributed by atoms with Gasteiger partial charge in [-0.2, -0.15) is 0 Å². The summed E-state index contributed by atoms with van der Waals surface area (Å²) in [5, 5.41) is 14.7. The highest BCUT2D eigenvalue weighted by Gasteiger charge is 2.17. The highest BCUT2D eigenvalue weighted by atomic mass is 19.1. The van der Waals surface area contributed by atoms with Gasteiger partial charge in [0.2, 0.25) is 0 Å². The third-order valence-corrected chi connectivity index (χ3v) is 3.80. The van der Waals surface area contributed by atoms with Crippen molar-refractivity contribution < 1.29 is 19.1 Å². The molecule has 0 radical (unpaired) electrons. The summed E-state index contributed by atoms with van der Waals surface area (Å²) in [6.45, 7) is 0. The number of fused-ring (bicyclic) bond motifs is 1. The van der Waals surface area contributed by atoms with E-state index in [-0.39, 0.29) is 12.0 Å². The number of amides is 1.